The van der Waals surface area contributed by atoms with Gasteiger partial charge in [0.05, 0.1) is 16.9 Å². The molecule has 10 heteroatoms. The molecule has 0 unspecified atom stereocenters. The van der Waals surface area contributed by atoms with Crippen LogP contribution in [0.5, 0.6) is 5.75 Å². The zero-order valence-corrected chi connectivity index (χ0v) is 17.5. The second-order valence-electron chi connectivity index (χ2n) is 6.17. The molecule has 0 aliphatic rings. The van der Waals surface area contributed by atoms with E-state index in [4.69, 9.17) is 16.3 Å². The van der Waals surface area contributed by atoms with Gasteiger partial charge in [-0.2, -0.15) is 13.2 Å². The van der Waals surface area contributed by atoms with E-state index in [1.54, 1.807) is 23.6 Å². The highest BCUT2D eigenvalue weighted by molar-refractivity contribution is 7.14. The second kappa shape index (κ2) is 9.32. The van der Waals surface area contributed by atoms with E-state index in [0.29, 0.717) is 10.7 Å². The molecule has 0 aliphatic carbocycles. The molecular weight excluding hydrogens is 453 g/mol. The Balaban J connectivity index is 1.78. The fraction of sp³-hybridized carbons (Fsp3) is 0.0952. The van der Waals surface area contributed by atoms with Gasteiger partial charge in [-0.3, -0.25) is 9.69 Å². The lowest BCUT2D eigenvalue weighted by molar-refractivity contribution is -0.137. The van der Waals surface area contributed by atoms with E-state index in [9.17, 15) is 22.8 Å². The topological polar surface area (TPSA) is 59.5 Å². The van der Waals surface area contributed by atoms with Crippen molar-refractivity contribution in [2.45, 2.75) is 13.1 Å². The first-order valence-electron chi connectivity index (χ1n) is 8.72. The first kappa shape index (κ1) is 22.5. The van der Waals surface area contributed by atoms with Crippen LogP contribution in [0, 0.1) is 0 Å². The summed E-state index contributed by atoms with van der Waals surface area (Å²) in [5.74, 6) is -0.906. The lowest BCUT2D eigenvalue weighted by Crippen LogP contribution is -2.23. The van der Waals surface area contributed by atoms with Gasteiger partial charge in [-0.05, 0) is 42.5 Å². The van der Waals surface area contributed by atoms with E-state index in [1.807, 2.05) is 0 Å². The Kier molecular flexibility index (Phi) is 6.77. The van der Waals surface area contributed by atoms with E-state index in [0.717, 1.165) is 34.4 Å². The molecule has 0 saturated heterocycles. The number of amides is 1. The number of thiazole rings is 1. The maximum absolute atomic E-state index is 13.0. The van der Waals surface area contributed by atoms with Crippen LogP contribution in [0.25, 0.3) is 6.08 Å². The van der Waals surface area contributed by atoms with Crippen molar-refractivity contribution >= 4 is 51.7 Å². The zero-order chi connectivity index (χ0) is 22.6. The fourth-order valence-electron chi connectivity index (χ4n) is 2.54. The van der Waals surface area contributed by atoms with Crippen LogP contribution in [0.15, 0.2) is 60.0 Å². The SMILES string of the molecule is CC(=O)N(c1cccc(C(F)(F)F)c1)c1nc(/C=C/C(=O)Oc2cccc(Cl)c2)cs1. The number of carbonyl (C=O) groups is 2. The van der Waals surface area contributed by atoms with Crippen molar-refractivity contribution in [1.82, 2.24) is 4.98 Å². The summed E-state index contributed by atoms with van der Waals surface area (Å²) in [7, 11) is 0. The highest BCUT2D eigenvalue weighted by Crippen LogP contribution is 2.35. The van der Waals surface area contributed by atoms with Gasteiger partial charge in [-0.1, -0.05) is 23.7 Å². The van der Waals surface area contributed by atoms with Crippen LogP contribution < -0.4 is 9.64 Å². The highest BCUT2D eigenvalue weighted by atomic mass is 35.5. The molecule has 0 spiro atoms. The van der Waals surface area contributed by atoms with Crippen molar-refractivity contribution < 1.29 is 27.5 Å². The van der Waals surface area contributed by atoms with E-state index in [-0.39, 0.29) is 16.6 Å². The number of alkyl halides is 3. The standard InChI is InChI=1S/C21H14ClF3N2O3S/c1-13(28)27(17-6-2-4-14(10-17)21(23,24)25)20-26-16(12-31-20)8-9-19(29)30-18-7-3-5-15(22)11-18/h2-12H,1H3/b9-8+. The minimum absolute atomic E-state index is 0.0348. The third kappa shape index (κ3) is 5.93. The van der Waals surface area contributed by atoms with Gasteiger partial charge >= 0.3 is 12.1 Å². The maximum Gasteiger partial charge on any atom is 0.416 e. The number of esters is 1. The number of hydrogen-bond acceptors (Lipinski definition) is 5. The number of carbonyl (C=O) groups excluding carboxylic acids is 2. The van der Waals surface area contributed by atoms with Crippen LogP contribution in [0.2, 0.25) is 5.02 Å². The Morgan fingerprint density at radius 3 is 2.58 bits per heavy atom. The summed E-state index contributed by atoms with van der Waals surface area (Å²) in [6.45, 7) is 1.22. The number of nitrogens with zero attached hydrogens (tertiary/aromatic N) is 2. The molecule has 31 heavy (non-hydrogen) atoms. The quantitative estimate of drug-likeness (QED) is 0.258. The van der Waals surface area contributed by atoms with Gasteiger partial charge in [0.2, 0.25) is 5.91 Å². The molecular formula is C21H14ClF3N2O3S. The highest BCUT2D eigenvalue weighted by Gasteiger charge is 2.31. The number of benzene rings is 2. The Hall–Kier alpha value is -3.17. The summed E-state index contributed by atoms with van der Waals surface area (Å²) in [6, 6.07) is 10.7. The van der Waals surface area contributed by atoms with E-state index < -0.39 is 23.6 Å². The third-order valence-corrected chi connectivity index (χ3v) is 4.93. The number of ether oxygens (including phenoxy) is 1. The normalized spacial score (nSPS) is 11.5. The Morgan fingerprint density at radius 2 is 1.90 bits per heavy atom. The van der Waals surface area contributed by atoms with Gasteiger partial charge in [-0.25, -0.2) is 9.78 Å². The van der Waals surface area contributed by atoms with Crippen molar-refractivity contribution in [3.8, 4) is 5.75 Å². The number of halogens is 4. The molecule has 0 aliphatic heterocycles. The van der Waals surface area contributed by atoms with Crippen LogP contribution in [-0.4, -0.2) is 16.9 Å². The zero-order valence-electron chi connectivity index (χ0n) is 15.9. The molecule has 160 valence electrons. The predicted molar refractivity (Wildman–Crippen MR) is 112 cm³/mol. The Bertz CT molecular complexity index is 1140. The van der Waals surface area contributed by atoms with E-state index in [2.05, 4.69) is 4.98 Å². The minimum Gasteiger partial charge on any atom is -0.423 e. The summed E-state index contributed by atoms with van der Waals surface area (Å²) >= 11 is 6.88. The lowest BCUT2D eigenvalue weighted by Gasteiger charge is -2.19. The minimum atomic E-state index is -4.54. The molecule has 0 atom stereocenters. The molecule has 0 radical (unpaired) electrons. The van der Waals surface area contributed by atoms with Crippen LogP contribution in [0.3, 0.4) is 0 Å². The van der Waals surface area contributed by atoms with Gasteiger partial charge in [0.1, 0.15) is 5.75 Å². The molecule has 0 saturated carbocycles. The van der Waals surface area contributed by atoms with Gasteiger partial charge in [0.25, 0.3) is 0 Å². The van der Waals surface area contributed by atoms with Gasteiger partial charge in [0, 0.05) is 23.4 Å². The average Bonchev–Trinajstić information content (AvgIpc) is 3.14. The number of aromatic nitrogens is 1. The first-order chi connectivity index (χ1) is 14.6. The smallest absolute Gasteiger partial charge is 0.416 e. The van der Waals surface area contributed by atoms with Crippen molar-refractivity contribution in [2.75, 3.05) is 4.90 Å². The van der Waals surface area contributed by atoms with Crippen molar-refractivity contribution in [1.29, 1.82) is 0 Å². The largest absolute Gasteiger partial charge is 0.423 e. The lowest BCUT2D eigenvalue weighted by atomic mass is 10.2. The van der Waals surface area contributed by atoms with E-state index >= 15 is 0 Å². The Morgan fingerprint density at radius 1 is 1.16 bits per heavy atom. The van der Waals surface area contributed by atoms with Gasteiger partial charge < -0.3 is 4.74 Å². The average molecular weight is 467 g/mol. The Labute approximate surface area is 184 Å². The summed E-state index contributed by atoms with van der Waals surface area (Å²) in [6.07, 6.45) is -2.03. The van der Waals surface area contributed by atoms with Crippen molar-refractivity contribution in [2.24, 2.45) is 0 Å². The molecule has 3 aromatic rings. The molecule has 5 nitrogen and oxygen atoms in total. The predicted octanol–water partition coefficient (Wildman–Crippen LogP) is 6.12. The summed E-state index contributed by atoms with van der Waals surface area (Å²) in [5, 5.41) is 2.13. The maximum atomic E-state index is 13.0. The van der Waals surface area contributed by atoms with Crippen molar-refractivity contribution in [3.05, 3.63) is 76.3 Å². The van der Waals surface area contributed by atoms with Gasteiger partial charge in [0.15, 0.2) is 5.13 Å². The summed E-state index contributed by atoms with van der Waals surface area (Å²) in [5.41, 5.74) is -0.509. The summed E-state index contributed by atoms with van der Waals surface area (Å²) in [4.78, 5) is 29.4. The monoisotopic (exact) mass is 466 g/mol. The molecule has 0 N–H and O–H groups in total. The molecule has 1 heterocycles. The second-order valence-corrected chi connectivity index (χ2v) is 7.44. The molecule has 1 aromatic heterocycles. The molecule has 0 bridgehead atoms. The van der Waals surface area contributed by atoms with Crippen molar-refractivity contribution in [3.63, 3.8) is 0 Å². The molecule has 1 amide bonds. The van der Waals surface area contributed by atoms with Crippen LogP contribution >= 0.6 is 22.9 Å². The van der Waals surface area contributed by atoms with Crippen LogP contribution in [0.1, 0.15) is 18.2 Å². The number of hydrogen-bond donors (Lipinski definition) is 0. The fourth-order valence-corrected chi connectivity index (χ4v) is 3.57. The van der Waals surface area contributed by atoms with Crippen LogP contribution in [0.4, 0.5) is 24.0 Å². The summed E-state index contributed by atoms with van der Waals surface area (Å²) < 4.78 is 44.2. The molecule has 0 fully saturated rings. The first-order valence-corrected chi connectivity index (χ1v) is 9.98. The number of anilines is 2. The van der Waals surface area contributed by atoms with Gasteiger partial charge in [-0.15, -0.1) is 11.3 Å². The number of rotatable bonds is 5. The van der Waals surface area contributed by atoms with E-state index in [1.165, 1.54) is 31.2 Å². The molecule has 2 aromatic carbocycles. The third-order valence-electron chi connectivity index (χ3n) is 3.85. The molecule has 3 rings (SSSR count). The van der Waals surface area contributed by atoms with Crippen LogP contribution in [-0.2, 0) is 15.8 Å².